The smallest absolute Gasteiger partial charge is 0.259 e. The first-order valence-corrected chi connectivity index (χ1v) is 8.22. The Kier molecular flexibility index (Phi) is 4.05. The van der Waals surface area contributed by atoms with Crippen molar-refractivity contribution in [2.75, 3.05) is 0 Å². The number of hydrogen-bond donors (Lipinski definition) is 1. The van der Waals surface area contributed by atoms with E-state index in [1.54, 1.807) is 13.2 Å². The maximum absolute atomic E-state index is 12.6. The number of carbonyl (C=O) groups is 1. The van der Waals surface area contributed by atoms with Crippen LogP contribution in [0.4, 0.5) is 0 Å². The summed E-state index contributed by atoms with van der Waals surface area (Å²) in [5.41, 5.74) is 2.58. The summed E-state index contributed by atoms with van der Waals surface area (Å²) in [6.45, 7) is 4.35. The van der Waals surface area contributed by atoms with Gasteiger partial charge in [-0.2, -0.15) is 0 Å². The van der Waals surface area contributed by atoms with E-state index in [-0.39, 0.29) is 11.5 Å². The SMILES string of the molecule is Cc1ccccc1CNC(=O)c1c(C)sc2ccn(C)c(=O)c12. The third kappa shape index (κ3) is 2.80. The fourth-order valence-electron chi connectivity index (χ4n) is 2.67. The van der Waals surface area contributed by atoms with Crippen LogP contribution >= 0.6 is 11.3 Å². The molecule has 3 aromatic rings. The molecule has 0 aliphatic rings. The molecular weight excluding hydrogens is 308 g/mol. The van der Waals surface area contributed by atoms with Crippen LogP contribution in [0.25, 0.3) is 10.1 Å². The summed E-state index contributed by atoms with van der Waals surface area (Å²) in [5.74, 6) is -0.194. The zero-order valence-corrected chi connectivity index (χ0v) is 14.2. The fraction of sp³-hybridized carbons (Fsp3) is 0.222. The van der Waals surface area contributed by atoms with Crippen LogP contribution in [0.5, 0.6) is 0 Å². The van der Waals surface area contributed by atoms with Crippen molar-refractivity contribution in [1.82, 2.24) is 9.88 Å². The molecule has 23 heavy (non-hydrogen) atoms. The lowest BCUT2D eigenvalue weighted by atomic mass is 10.1. The quantitative estimate of drug-likeness (QED) is 0.804. The van der Waals surface area contributed by atoms with Crippen LogP contribution in [0.15, 0.2) is 41.3 Å². The average molecular weight is 326 g/mol. The maximum atomic E-state index is 12.6. The highest BCUT2D eigenvalue weighted by molar-refractivity contribution is 7.19. The molecule has 2 heterocycles. The van der Waals surface area contributed by atoms with E-state index in [0.29, 0.717) is 17.5 Å². The van der Waals surface area contributed by atoms with E-state index in [2.05, 4.69) is 5.32 Å². The summed E-state index contributed by atoms with van der Waals surface area (Å²) in [6.07, 6.45) is 1.73. The van der Waals surface area contributed by atoms with Gasteiger partial charge in [0.05, 0.1) is 10.9 Å². The number of amides is 1. The Hall–Kier alpha value is -2.40. The molecule has 3 rings (SSSR count). The molecule has 4 nitrogen and oxygen atoms in total. The molecule has 0 saturated heterocycles. The predicted octanol–water partition coefficient (Wildman–Crippen LogP) is 3.15. The molecule has 0 bridgehead atoms. The van der Waals surface area contributed by atoms with Gasteiger partial charge in [0, 0.05) is 29.4 Å². The third-order valence-corrected chi connectivity index (χ3v) is 5.09. The molecule has 1 amide bonds. The lowest BCUT2D eigenvalue weighted by Crippen LogP contribution is -2.25. The van der Waals surface area contributed by atoms with Gasteiger partial charge in [0.25, 0.3) is 11.5 Å². The molecule has 1 aromatic carbocycles. The standard InChI is InChI=1S/C18H18N2O2S/c1-11-6-4-5-7-13(11)10-19-17(21)15-12(2)23-14-8-9-20(3)18(22)16(14)15/h4-9H,10H2,1-3H3,(H,19,21). The van der Waals surface area contributed by atoms with E-state index in [0.717, 1.165) is 20.7 Å². The second-order valence-electron chi connectivity index (χ2n) is 5.61. The van der Waals surface area contributed by atoms with Crippen molar-refractivity contribution in [2.45, 2.75) is 20.4 Å². The number of fused-ring (bicyclic) bond motifs is 1. The minimum atomic E-state index is -0.194. The molecule has 0 spiro atoms. The Balaban J connectivity index is 1.95. The van der Waals surface area contributed by atoms with Crippen LogP contribution in [0.2, 0.25) is 0 Å². The Labute approximate surface area is 138 Å². The van der Waals surface area contributed by atoms with Crippen molar-refractivity contribution in [3.8, 4) is 0 Å². The highest BCUT2D eigenvalue weighted by atomic mass is 32.1. The minimum Gasteiger partial charge on any atom is -0.348 e. The van der Waals surface area contributed by atoms with Crippen molar-refractivity contribution in [2.24, 2.45) is 7.05 Å². The third-order valence-electron chi connectivity index (χ3n) is 4.02. The number of rotatable bonds is 3. The van der Waals surface area contributed by atoms with E-state index in [4.69, 9.17) is 0 Å². The van der Waals surface area contributed by atoms with Crippen LogP contribution in [0.1, 0.15) is 26.4 Å². The number of nitrogens with zero attached hydrogens (tertiary/aromatic N) is 1. The van der Waals surface area contributed by atoms with E-state index < -0.39 is 0 Å². The van der Waals surface area contributed by atoms with Gasteiger partial charge >= 0.3 is 0 Å². The van der Waals surface area contributed by atoms with Crippen LogP contribution < -0.4 is 10.9 Å². The first-order chi connectivity index (χ1) is 11.0. The molecule has 0 aliphatic carbocycles. The molecular formula is C18H18N2O2S. The van der Waals surface area contributed by atoms with Gasteiger partial charge in [-0.1, -0.05) is 24.3 Å². The molecule has 0 saturated carbocycles. The average Bonchev–Trinajstić information content (AvgIpc) is 2.87. The maximum Gasteiger partial charge on any atom is 0.259 e. The van der Waals surface area contributed by atoms with Crippen LogP contribution in [-0.2, 0) is 13.6 Å². The van der Waals surface area contributed by atoms with E-state index in [1.807, 2.05) is 44.2 Å². The van der Waals surface area contributed by atoms with Crippen molar-refractivity contribution in [3.63, 3.8) is 0 Å². The number of pyridine rings is 1. The minimum absolute atomic E-state index is 0.132. The predicted molar refractivity (Wildman–Crippen MR) is 94.2 cm³/mol. The van der Waals surface area contributed by atoms with Gasteiger partial charge in [0.1, 0.15) is 0 Å². The van der Waals surface area contributed by atoms with Crippen molar-refractivity contribution >= 4 is 27.3 Å². The molecule has 5 heteroatoms. The second kappa shape index (κ2) is 6.01. The van der Waals surface area contributed by atoms with Gasteiger partial charge in [-0.15, -0.1) is 11.3 Å². The fourth-order valence-corrected chi connectivity index (χ4v) is 3.71. The normalized spacial score (nSPS) is 10.9. The highest BCUT2D eigenvalue weighted by Crippen LogP contribution is 2.28. The lowest BCUT2D eigenvalue weighted by Gasteiger charge is -2.08. The van der Waals surface area contributed by atoms with Crippen LogP contribution in [0, 0.1) is 13.8 Å². The number of nitrogens with one attached hydrogen (secondary N) is 1. The molecule has 1 N–H and O–H groups in total. The second-order valence-corrected chi connectivity index (χ2v) is 6.87. The summed E-state index contributed by atoms with van der Waals surface area (Å²) in [6, 6.07) is 9.82. The van der Waals surface area contributed by atoms with Gasteiger partial charge in [0.15, 0.2) is 0 Å². The van der Waals surface area contributed by atoms with Gasteiger partial charge in [-0.25, -0.2) is 0 Å². The first-order valence-electron chi connectivity index (χ1n) is 7.40. The van der Waals surface area contributed by atoms with Gasteiger partial charge in [-0.05, 0) is 31.0 Å². The van der Waals surface area contributed by atoms with Gasteiger partial charge in [-0.3, -0.25) is 9.59 Å². The van der Waals surface area contributed by atoms with Crippen molar-refractivity contribution in [1.29, 1.82) is 0 Å². The zero-order chi connectivity index (χ0) is 16.6. The van der Waals surface area contributed by atoms with E-state index in [1.165, 1.54) is 15.9 Å². The molecule has 2 aromatic heterocycles. The number of hydrogen-bond acceptors (Lipinski definition) is 3. The Bertz CT molecular complexity index is 953. The number of carbonyl (C=O) groups excluding carboxylic acids is 1. The Morgan fingerprint density at radius 2 is 1.96 bits per heavy atom. The number of benzene rings is 1. The van der Waals surface area contributed by atoms with Crippen LogP contribution in [-0.4, -0.2) is 10.5 Å². The van der Waals surface area contributed by atoms with E-state index >= 15 is 0 Å². The molecule has 0 unspecified atom stereocenters. The lowest BCUT2D eigenvalue weighted by molar-refractivity contribution is 0.0952. The van der Waals surface area contributed by atoms with E-state index in [9.17, 15) is 9.59 Å². The summed E-state index contributed by atoms with van der Waals surface area (Å²) in [5, 5.41) is 3.46. The number of thiophene rings is 1. The topological polar surface area (TPSA) is 51.1 Å². The summed E-state index contributed by atoms with van der Waals surface area (Å²) in [7, 11) is 1.70. The summed E-state index contributed by atoms with van der Waals surface area (Å²) >= 11 is 1.48. The Morgan fingerprint density at radius 3 is 2.70 bits per heavy atom. The van der Waals surface area contributed by atoms with Crippen LogP contribution in [0.3, 0.4) is 0 Å². The number of aromatic nitrogens is 1. The number of aryl methyl sites for hydroxylation is 3. The van der Waals surface area contributed by atoms with Gasteiger partial charge < -0.3 is 9.88 Å². The molecule has 0 radical (unpaired) electrons. The highest BCUT2D eigenvalue weighted by Gasteiger charge is 2.19. The zero-order valence-electron chi connectivity index (χ0n) is 13.3. The van der Waals surface area contributed by atoms with Crippen molar-refractivity contribution < 1.29 is 4.79 Å². The largest absolute Gasteiger partial charge is 0.348 e. The van der Waals surface area contributed by atoms with Gasteiger partial charge in [0.2, 0.25) is 0 Å². The molecule has 0 aliphatic heterocycles. The molecule has 0 atom stereocenters. The van der Waals surface area contributed by atoms with Crippen molar-refractivity contribution in [3.05, 3.63) is 68.4 Å². The summed E-state index contributed by atoms with van der Waals surface area (Å²) in [4.78, 5) is 25.9. The molecule has 118 valence electrons. The Morgan fingerprint density at radius 1 is 1.22 bits per heavy atom. The summed E-state index contributed by atoms with van der Waals surface area (Å²) < 4.78 is 2.36. The first kappa shape index (κ1) is 15.5. The molecule has 0 fully saturated rings. The monoisotopic (exact) mass is 326 g/mol.